The van der Waals surface area contributed by atoms with Gasteiger partial charge in [-0.15, -0.1) is 0 Å². The molecule has 2 N–H and O–H groups in total. The van der Waals surface area contributed by atoms with E-state index in [9.17, 15) is 14.4 Å². The van der Waals surface area contributed by atoms with Gasteiger partial charge < -0.3 is 15.3 Å². The molecule has 86 valence electrons. The fourth-order valence-electron chi connectivity index (χ4n) is 0.905. The summed E-state index contributed by atoms with van der Waals surface area (Å²) in [6, 6.07) is -0.891. The van der Waals surface area contributed by atoms with Gasteiger partial charge in [0.15, 0.2) is 0 Å². The number of hydrogen-bond acceptors (Lipinski definition) is 3. The molecule has 15 heavy (non-hydrogen) atoms. The standard InChI is InChI=1S/C9H16N2O4/c1-4-7(9(14)15)10-8(13)5-11(3)6(2)12/h7H,4-5H2,1-3H3,(H,10,13)(H,14,15)/t7-/m0/s1. The predicted molar refractivity (Wildman–Crippen MR) is 53.2 cm³/mol. The Morgan fingerprint density at radius 2 is 1.93 bits per heavy atom. The van der Waals surface area contributed by atoms with E-state index in [-0.39, 0.29) is 12.5 Å². The highest BCUT2D eigenvalue weighted by atomic mass is 16.4. The Morgan fingerprint density at radius 1 is 1.40 bits per heavy atom. The number of nitrogens with one attached hydrogen (secondary N) is 1. The number of carbonyl (C=O) groups excluding carboxylic acids is 2. The van der Waals surface area contributed by atoms with Gasteiger partial charge in [0, 0.05) is 14.0 Å². The molecular weight excluding hydrogens is 200 g/mol. The molecule has 1 atom stereocenters. The third-order valence-corrected chi connectivity index (χ3v) is 1.96. The minimum absolute atomic E-state index is 0.126. The zero-order valence-corrected chi connectivity index (χ0v) is 9.11. The number of aliphatic carboxylic acids is 1. The maximum Gasteiger partial charge on any atom is 0.326 e. The summed E-state index contributed by atoms with van der Waals surface area (Å²) >= 11 is 0. The lowest BCUT2D eigenvalue weighted by atomic mass is 10.2. The molecule has 0 spiro atoms. The number of carboxylic acid groups (broad SMARTS) is 1. The summed E-state index contributed by atoms with van der Waals surface area (Å²) in [4.78, 5) is 33.9. The molecule has 0 rings (SSSR count). The molecule has 0 radical (unpaired) electrons. The molecule has 0 unspecified atom stereocenters. The summed E-state index contributed by atoms with van der Waals surface area (Å²) in [6.45, 7) is 2.87. The van der Waals surface area contributed by atoms with Crippen molar-refractivity contribution in [2.24, 2.45) is 0 Å². The number of nitrogens with zero attached hydrogens (tertiary/aromatic N) is 1. The second kappa shape index (κ2) is 6.00. The zero-order chi connectivity index (χ0) is 12.0. The zero-order valence-electron chi connectivity index (χ0n) is 9.11. The Labute approximate surface area is 88.2 Å². The Hall–Kier alpha value is -1.59. The largest absolute Gasteiger partial charge is 0.480 e. The molecule has 0 aromatic rings. The van der Waals surface area contributed by atoms with E-state index in [0.29, 0.717) is 6.42 Å². The van der Waals surface area contributed by atoms with Crippen LogP contribution in [0.25, 0.3) is 0 Å². The van der Waals surface area contributed by atoms with Gasteiger partial charge in [0.2, 0.25) is 11.8 Å². The van der Waals surface area contributed by atoms with E-state index in [1.807, 2.05) is 0 Å². The third kappa shape index (κ3) is 4.99. The van der Waals surface area contributed by atoms with Crippen LogP contribution in [0.5, 0.6) is 0 Å². The normalized spacial score (nSPS) is 11.7. The highest BCUT2D eigenvalue weighted by Gasteiger charge is 2.18. The molecule has 0 heterocycles. The van der Waals surface area contributed by atoms with Crippen LogP contribution in [0, 0.1) is 0 Å². The smallest absolute Gasteiger partial charge is 0.326 e. The Balaban J connectivity index is 4.13. The van der Waals surface area contributed by atoms with Gasteiger partial charge in [0.1, 0.15) is 6.04 Å². The fourth-order valence-corrected chi connectivity index (χ4v) is 0.905. The van der Waals surface area contributed by atoms with E-state index >= 15 is 0 Å². The molecular formula is C9H16N2O4. The van der Waals surface area contributed by atoms with Crippen LogP contribution in [0.2, 0.25) is 0 Å². The number of amides is 2. The van der Waals surface area contributed by atoms with Gasteiger partial charge in [0.25, 0.3) is 0 Å². The van der Waals surface area contributed by atoms with Crippen molar-refractivity contribution in [2.75, 3.05) is 13.6 Å². The van der Waals surface area contributed by atoms with Crippen LogP contribution in [0.1, 0.15) is 20.3 Å². The van der Waals surface area contributed by atoms with Crippen LogP contribution in [-0.4, -0.2) is 47.4 Å². The van der Waals surface area contributed by atoms with Crippen LogP contribution < -0.4 is 5.32 Å². The molecule has 6 heteroatoms. The molecule has 2 amide bonds. The van der Waals surface area contributed by atoms with Crippen molar-refractivity contribution in [2.45, 2.75) is 26.3 Å². The van der Waals surface area contributed by atoms with Gasteiger partial charge in [-0.25, -0.2) is 4.79 Å². The summed E-state index contributed by atoms with van der Waals surface area (Å²) in [5, 5.41) is 11.0. The summed E-state index contributed by atoms with van der Waals surface area (Å²) in [5.41, 5.74) is 0. The lowest BCUT2D eigenvalue weighted by molar-refractivity contribution is -0.142. The lowest BCUT2D eigenvalue weighted by Gasteiger charge is -2.17. The van der Waals surface area contributed by atoms with Gasteiger partial charge in [0.05, 0.1) is 6.54 Å². The molecule has 0 aliphatic rings. The fraction of sp³-hybridized carbons (Fsp3) is 0.667. The first-order valence-electron chi connectivity index (χ1n) is 4.62. The van der Waals surface area contributed by atoms with Gasteiger partial charge in [-0.05, 0) is 6.42 Å². The second-order valence-electron chi connectivity index (χ2n) is 3.24. The summed E-state index contributed by atoms with van der Waals surface area (Å²) in [6.07, 6.45) is 0.310. The highest BCUT2D eigenvalue weighted by molar-refractivity contribution is 5.87. The van der Waals surface area contributed by atoms with Crippen molar-refractivity contribution < 1.29 is 19.5 Å². The molecule has 0 aliphatic heterocycles. The van der Waals surface area contributed by atoms with Crippen LogP contribution in [-0.2, 0) is 14.4 Å². The number of carboxylic acids is 1. The minimum atomic E-state index is -1.07. The first-order valence-corrected chi connectivity index (χ1v) is 4.62. The first-order chi connectivity index (χ1) is 6.88. The molecule has 0 saturated carbocycles. The van der Waals surface area contributed by atoms with Gasteiger partial charge in [-0.3, -0.25) is 9.59 Å². The van der Waals surface area contributed by atoms with Crippen LogP contribution in [0.4, 0.5) is 0 Å². The topological polar surface area (TPSA) is 86.7 Å². The molecule has 0 bridgehead atoms. The van der Waals surface area contributed by atoms with Crippen molar-refractivity contribution in [3.05, 3.63) is 0 Å². The van der Waals surface area contributed by atoms with E-state index in [1.165, 1.54) is 18.9 Å². The number of hydrogen-bond donors (Lipinski definition) is 2. The van der Waals surface area contributed by atoms with E-state index < -0.39 is 17.9 Å². The van der Waals surface area contributed by atoms with Crippen molar-refractivity contribution >= 4 is 17.8 Å². The molecule has 6 nitrogen and oxygen atoms in total. The number of carbonyl (C=O) groups is 3. The molecule has 0 aromatic heterocycles. The van der Waals surface area contributed by atoms with Gasteiger partial charge in [-0.1, -0.05) is 6.92 Å². The van der Waals surface area contributed by atoms with Crippen LogP contribution >= 0.6 is 0 Å². The van der Waals surface area contributed by atoms with Crippen LogP contribution in [0.3, 0.4) is 0 Å². The maximum atomic E-state index is 11.3. The number of likely N-dealkylation sites (N-methyl/N-ethyl adjacent to an activating group) is 1. The van der Waals surface area contributed by atoms with Crippen molar-refractivity contribution in [3.63, 3.8) is 0 Å². The first kappa shape index (κ1) is 13.4. The lowest BCUT2D eigenvalue weighted by Crippen LogP contribution is -2.45. The van der Waals surface area contributed by atoms with E-state index in [0.717, 1.165) is 0 Å². The van der Waals surface area contributed by atoms with E-state index in [1.54, 1.807) is 6.92 Å². The average molecular weight is 216 g/mol. The van der Waals surface area contributed by atoms with Gasteiger partial charge in [-0.2, -0.15) is 0 Å². The highest BCUT2D eigenvalue weighted by Crippen LogP contribution is 1.91. The quantitative estimate of drug-likeness (QED) is 0.645. The SMILES string of the molecule is CC[C@H](NC(=O)CN(C)C(C)=O)C(=O)O. The predicted octanol–water partition coefficient (Wildman–Crippen LogP) is -0.556. The Bertz CT molecular complexity index is 265. The van der Waals surface area contributed by atoms with Crippen molar-refractivity contribution in [1.29, 1.82) is 0 Å². The summed E-state index contributed by atoms with van der Waals surface area (Å²) in [5.74, 6) is -1.79. The molecule has 0 saturated heterocycles. The average Bonchev–Trinajstić information content (AvgIpc) is 2.13. The van der Waals surface area contributed by atoms with Crippen molar-refractivity contribution in [1.82, 2.24) is 10.2 Å². The molecule has 0 aromatic carbocycles. The summed E-state index contributed by atoms with van der Waals surface area (Å²) in [7, 11) is 1.48. The monoisotopic (exact) mass is 216 g/mol. The minimum Gasteiger partial charge on any atom is -0.480 e. The van der Waals surface area contributed by atoms with Crippen molar-refractivity contribution in [3.8, 4) is 0 Å². The molecule has 0 aliphatic carbocycles. The van der Waals surface area contributed by atoms with E-state index in [4.69, 9.17) is 5.11 Å². The summed E-state index contributed by atoms with van der Waals surface area (Å²) < 4.78 is 0. The van der Waals surface area contributed by atoms with Gasteiger partial charge >= 0.3 is 5.97 Å². The second-order valence-corrected chi connectivity index (χ2v) is 3.24. The Morgan fingerprint density at radius 3 is 2.27 bits per heavy atom. The molecule has 0 fully saturated rings. The third-order valence-electron chi connectivity index (χ3n) is 1.96. The number of rotatable bonds is 5. The maximum absolute atomic E-state index is 11.3. The Kier molecular flexibility index (Phi) is 5.36. The van der Waals surface area contributed by atoms with Crippen LogP contribution in [0.15, 0.2) is 0 Å². The van der Waals surface area contributed by atoms with E-state index in [2.05, 4.69) is 5.32 Å².